The van der Waals surface area contributed by atoms with Crippen LogP contribution in [0.3, 0.4) is 0 Å². The van der Waals surface area contributed by atoms with E-state index in [4.69, 9.17) is 4.84 Å². The van der Waals surface area contributed by atoms with E-state index < -0.39 is 5.67 Å². The highest BCUT2D eigenvalue weighted by Crippen LogP contribution is 2.56. The molecular weight excluding hydrogens is 181 g/mol. The average molecular weight is 197 g/mol. The lowest BCUT2D eigenvalue weighted by Gasteiger charge is -2.52. The van der Waals surface area contributed by atoms with Crippen LogP contribution >= 0.6 is 0 Å². The summed E-state index contributed by atoms with van der Waals surface area (Å²) in [5.41, 5.74) is 0.292. The van der Waals surface area contributed by atoms with Crippen LogP contribution in [0.5, 0.6) is 0 Å². The Balaban J connectivity index is 1.93. The van der Waals surface area contributed by atoms with Crippen molar-refractivity contribution in [1.29, 1.82) is 0 Å². The zero-order valence-electron chi connectivity index (χ0n) is 8.50. The van der Waals surface area contributed by atoms with Gasteiger partial charge in [-0.3, -0.25) is 0 Å². The summed E-state index contributed by atoms with van der Waals surface area (Å²) in [4.78, 5) is 4.87. The van der Waals surface area contributed by atoms with Gasteiger partial charge in [-0.25, -0.2) is 4.39 Å². The van der Waals surface area contributed by atoms with E-state index in [9.17, 15) is 4.39 Å². The van der Waals surface area contributed by atoms with E-state index in [1.807, 2.05) is 0 Å². The van der Waals surface area contributed by atoms with Gasteiger partial charge >= 0.3 is 0 Å². The second-order valence-corrected chi connectivity index (χ2v) is 5.19. The van der Waals surface area contributed by atoms with Gasteiger partial charge in [0.05, 0.1) is 5.71 Å². The normalized spacial score (nSPS) is 52.7. The lowest BCUT2D eigenvalue weighted by atomic mass is 9.54. The van der Waals surface area contributed by atoms with Crippen LogP contribution in [0.1, 0.15) is 32.1 Å². The summed E-state index contributed by atoms with van der Waals surface area (Å²) in [6.07, 6.45) is 4.49. The monoisotopic (exact) mass is 197 g/mol. The Kier molecular flexibility index (Phi) is 1.68. The minimum atomic E-state index is -0.858. The Morgan fingerprint density at radius 1 is 1.29 bits per heavy atom. The summed E-state index contributed by atoms with van der Waals surface area (Å²) >= 11 is 0. The maximum Gasteiger partial charge on any atom is 0.112 e. The van der Waals surface area contributed by atoms with Crippen LogP contribution < -0.4 is 0 Å². The van der Waals surface area contributed by atoms with Crippen LogP contribution in [-0.4, -0.2) is 18.5 Å². The molecule has 2 nitrogen and oxygen atoms in total. The van der Waals surface area contributed by atoms with Crippen molar-refractivity contribution in [3.63, 3.8) is 0 Å². The summed E-state index contributed by atoms with van der Waals surface area (Å²) < 4.78 is 14.2. The fourth-order valence-electron chi connectivity index (χ4n) is 3.92. The topological polar surface area (TPSA) is 21.6 Å². The molecule has 4 saturated carbocycles. The number of hydrogen-bond donors (Lipinski definition) is 0. The van der Waals surface area contributed by atoms with Crippen molar-refractivity contribution in [2.75, 3.05) is 7.11 Å². The van der Waals surface area contributed by atoms with Gasteiger partial charge in [0.2, 0.25) is 0 Å². The highest BCUT2D eigenvalue weighted by atomic mass is 19.1. The predicted octanol–water partition coefficient (Wildman–Crippen LogP) is 2.54. The number of alkyl halides is 1. The molecule has 0 aromatic rings. The molecule has 4 bridgehead atoms. The summed E-state index contributed by atoms with van der Waals surface area (Å²) in [7, 11) is 1.59. The smallest absolute Gasteiger partial charge is 0.112 e. The number of hydrogen-bond acceptors (Lipinski definition) is 2. The Bertz CT molecular complexity index is 271. The second kappa shape index (κ2) is 2.71. The summed E-state index contributed by atoms with van der Waals surface area (Å²) in [6, 6.07) is 0. The van der Waals surface area contributed by atoms with Gasteiger partial charge in [0, 0.05) is 11.8 Å². The molecule has 78 valence electrons. The fourth-order valence-corrected chi connectivity index (χ4v) is 3.92. The minimum Gasteiger partial charge on any atom is -0.399 e. The zero-order chi connectivity index (χ0) is 9.76. The van der Waals surface area contributed by atoms with Crippen LogP contribution in [-0.2, 0) is 4.84 Å². The molecule has 0 aromatic heterocycles. The summed E-state index contributed by atoms with van der Waals surface area (Å²) in [5, 5.41) is 4.10. The molecule has 0 amide bonds. The van der Waals surface area contributed by atoms with Gasteiger partial charge < -0.3 is 4.84 Å². The predicted molar refractivity (Wildman–Crippen MR) is 51.8 cm³/mol. The van der Waals surface area contributed by atoms with E-state index in [0.29, 0.717) is 30.6 Å². The quantitative estimate of drug-likeness (QED) is 0.592. The molecule has 4 aliphatic carbocycles. The molecule has 0 spiro atoms. The van der Waals surface area contributed by atoms with Crippen molar-refractivity contribution in [3.05, 3.63) is 0 Å². The molecule has 0 aromatic carbocycles. The van der Waals surface area contributed by atoms with Crippen LogP contribution in [0.4, 0.5) is 4.39 Å². The zero-order valence-corrected chi connectivity index (χ0v) is 8.50. The Morgan fingerprint density at radius 3 is 2.43 bits per heavy atom. The number of rotatable bonds is 1. The molecule has 14 heavy (non-hydrogen) atoms. The van der Waals surface area contributed by atoms with Gasteiger partial charge in [-0.2, -0.15) is 0 Å². The average Bonchev–Trinajstić information content (AvgIpc) is 2.08. The SMILES string of the molecule is CON=C1[C@@H]2CC3C[C@H]1CC(F)(C3)C2. The van der Waals surface area contributed by atoms with Crippen molar-refractivity contribution in [1.82, 2.24) is 0 Å². The third-order valence-corrected chi connectivity index (χ3v) is 4.15. The first-order chi connectivity index (χ1) is 6.70. The summed E-state index contributed by atoms with van der Waals surface area (Å²) in [6.45, 7) is 0. The first-order valence-electron chi connectivity index (χ1n) is 5.50. The van der Waals surface area contributed by atoms with E-state index in [1.165, 1.54) is 0 Å². The molecule has 4 aliphatic rings. The van der Waals surface area contributed by atoms with E-state index in [0.717, 1.165) is 25.0 Å². The highest BCUT2D eigenvalue weighted by molar-refractivity contribution is 5.90. The van der Waals surface area contributed by atoms with Gasteiger partial charge in [0.1, 0.15) is 12.8 Å². The standard InChI is InChI=1S/C11H16FNO/c1-14-13-10-8-2-7-3-9(10)6-11(12,4-7)5-8/h7-9H,2-6H2,1H3/t7?,8-,9+,11?. The lowest BCUT2D eigenvalue weighted by Crippen LogP contribution is -2.53. The molecule has 2 unspecified atom stereocenters. The van der Waals surface area contributed by atoms with Crippen LogP contribution in [0.25, 0.3) is 0 Å². The molecular formula is C11H16FNO. The minimum absolute atomic E-state index is 0.381. The Morgan fingerprint density at radius 2 is 1.93 bits per heavy atom. The first-order valence-corrected chi connectivity index (χ1v) is 5.50. The Labute approximate surface area is 83.5 Å². The van der Waals surface area contributed by atoms with E-state index >= 15 is 0 Å². The molecule has 3 heteroatoms. The number of oxime groups is 1. The maximum atomic E-state index is 14.2. The largest absolute Gasteiger partial charge is 0.399 e. The van der Waals surface area contributed by atoms with Crippen LogP contribution in [0.2, 0.25) is 0 Å². The molecule has 0 aliphatic heterocycles. The van der Waals surface area contributed by atoms with Gasteiger partial charge in [0.25, 0.3) is 0 Å². The van der Waals surface area contributed by atoms with Crippen LogP contribution in [0, 0.1) is 17.8 Å². The van der Waals surface area contributed by atoms with Crippen LogP contribution in [0.15, 0.2) is 5.16 Å². The fraction of sp³-hybridized carbons (Fsp3) is 0.909. The van der Waals surface area contributed by atoms with Crippen molar-refractivity contribution in [3.8, 4) is 0 Å². The van der Waals surface area contributed by atoms with Gasteiger partial charge in [-0.1, -0.05) is 5.16 Å². The lowest BCUT2D eigenvalue weighted by molar-refractivity contribution is -0.0195. The molecule has 4 atom stereocenters. The van der Waals surface area contributed by atoms with E-state index in [2.05, 4.69) is 5.16 Å². The molecule has 4 fully saturated rings. The molecule has 0 saturated heterocycles. The first kappa shape index (κ1) is 8.69. The van der Waals surface area contributed by atoms with Gasteiger partial charge in [0.15, 0.2) is 0 Å². The molecule has 0 heterocycles. The van der Waals surface area contributed by atoms with Crippen molar-refractivity contribution in [2.45, 2.75) is 37.8 Å². The number of nitrogens with zero attached hydrogens (tertiary/aromatic N) is 1. The second-order valence-electron chi connectivity index (χ2n) is 5.19. The van der Waals surface area contributed by atoms with Crippen molar-refractivity contribution in [2.24, 2.45) is 22.9 Å². The molecule has 0 radical (unpaired) electrons. The molecule has 4 rings (SSSR count). The van der Waals surface area contributed by atoms with Crippen molar-refractivity contribution < 1.29 is 9.23 Å². The number of halogens is 1. The van der Waals surface area contributed by atoms with Gasteiger partial charge in [-0.05, 0) is 38.0 Å². The van der Waals surface area contributed by atoms with E-state index in [-0.39, 0.29) is 0 Å². The maximum absolute atomic E-state index is 14.2. The summed E-state index contributed by atoms with van der Waals surface area (Å²) in [5.74, 6) is 1.38. The molecule has 0 N–H and O–H groups in total. The van der Waals surface area contributed by atoms with Crippen molar-refractivity contribution >= 4 is 5.71 Å². The van der Waals surface area contributed by atoms with E-state index in [1.54, 1.807) is 7.11 Å². The highest BCUT2D eigenvalue weighted by Gasteiger charge is 2.54. The Hall–Kier alpha value is -0.600. The van der Waals surface area contributed by atoms with Gasteiger partial charge in [-0.15, -0.1) is 0 Å². The third kappa shape index (κ3) is 1.11. The third-order valence-electron chi connectivity index (χ3n) is 4.15.